The van der Waals surface area contributed by atoms with Crippen LogP contribution in [0.3, 0.4) is 0 Å². The molecule has 3 aromatic rings. The fraction of sp³-hybridized carbons (Fsp3) is 0.208. The van der Waals surface area contributed by atoms with Crippen LogP contribution in [0.15, 0.2) is 60.7 Å². The monoisotopic (exact) mass is 425 g/mol. The smallest absolute Gasteiger partial charge is 0.255 e. The summed E-state index contributed by atoms with van der Waals surface area (Å²) in [7, 11) is 0. The minimum atomic E-state index is -0.298. The number of rotatable bonds is 8. The van der Waals surface area contributed by atoms with Gasteiger partial charge in [-0.25, -0.2) is 0 Å². The van der Waals surface area contributed by atoms with Crippen LogP contribution in [0.1, 0.15) is 29.8 Å². The van der Waals surface area contributed by atoms with Crippen molar-refractivity contribution in [2.75, 3.05) is 18.5 Å². The van der Waals surface area contributed by atoms with Gasteiger partial charge in [0.1, 0.15) is 11.5 Å². The Labute approximate surface area is 181 Å². The highest BCUT2D eigenvalue weighted by atomic mass is 35.5. The van der Waals surface area contributed by atoms with Crippen molar-refractivity contribution in [3.8, 4) is 23.0 Å². The van der Waals surface area contributed by atoms with Crippen LogP contribution >= 0.6 is 11.6 Å². The molecule has 0 aliphatic carbocycles. The third-order valence-electron chi connectivity index (χ3n) is 4.20. The van der Waals surface area contributed by atoms with Crippen LogP contribution in [0, 0.1) is 6.92 Å². The number of carbonyl (C=O) groups is 1. The van der Waals surface area contributed by atoms with Crippen LogP contribution in [-0.4, -0.2) is 19.1 Å². The van der Waals surface area contributed by atoms with Gasteiger partial charge in [0, 0.05) is 11.3 Å². The van der Waals surface area contributed by atoms with E-state index in [1.807, 2.05) is 45.0 Å². The van der Waals surface area contributed by atoms with E-state index in [2.05, 4.69) is 5.32 Å². The number of carbonyl (C=O) groups excluding carboxylic acids is 1. The van der Waals surface area contributed by atoms with E-state index in [-0.39, 0.29) is 5.91 Å². The fourth-order valence-electron chi connectivity index (χ4n) is 2.87. The number of aryl methyl sites for hydroxylation is 1. The Morgan fingerprint density at radius 3 is 2.33 bits per heavy atom. The van der Waals surface area contributed by atoms with E-state index in [0.29, 0.717) is 46.7 Å². The molecule has 3 aromatic carbocycles. The van der Waals surface area contributed by atoms with Gasteiger partial charge in [0.15, 0.2) is 11.5 Å². The first kappa shape index (κ1) is 21.5. The van der Waals surface area contributed by atoms with Gasteiger partial charge in [-0.05, 0) is 74.9 Å². The topological polar surface area (TPSA) is 56.8 Å². The molecule has 0 heterocycles. The second-order valence-corrected chi connectivity index (χ2v) is 6.96. The normalized spacial score (nSPS) is 10.4. The number of hydrogen-bond donors (Lipinski definition) is 1. The summed E-state index contributed by atoms with van der Waals surface area (Å²) in [5.74, 6) is 2.03. The van der Waals surface area contributed by atoms with Gasteiger partial charge < -0.3 is 19.5 Å². The standard InChI is InChI=1S/C24H24ClNO4/c1-4-28-22-15-17(14-21(25)23(22)29-5-2)24(27)26-18-9-11-19(12-10-18)30-20-8-6-7-16(3)13-20/h6-15H,4-5H2,1-3H3,(H,26,27). The highest BCUT2D eigenvalue weighted by Gasteiger charge is 2.16. The first-order valence-electron chi connectivity index (χ1n) is 9.75. The molecule has 3 rings (SSSR count). The molecular weight excluding hydrogens is 402 g/mol. The lowest BCUT2D eigenvalue weighted by Crippen LogP contribution is -2.12. The number of nitrogens with one attached hydrogen (secondary N) is 1. The van der Waals surface area contributed by atoms with Gasteiger partial charge >= 0.3 is 0 Å². The van der Waals surface area contributed by atoms with E-state index in [4.69, 9.17) is 25.8 Å². The molecule has 0 atom stereocenters. The van der Waals surface area contributed by atoms with Gasteiger partial charge in [0.05, 0.1) is 18.2 Å². The Morgan fingerprint density at radius 2 is 1.67 bits per heavy atom. The van der Waals surface area contributed by atoms with Crippen molar-refractivity contribution in [1.29, 1.82) is 0 Å². The fourth-order valence-corrected chi connectivity index (χ4v) is 3.14. The van der Waals surface area contributed by atoms with Crippen molar-refractivity contribution in [3.63, 3.8) is 0 Å². The number of halogens is 1. The van der Waals surface area contributed by atoms with Crippen LogP contribution < -0.4 is 19.5 Å². The minimum Gasteiger partial charge on any atom is -0.490 e. The first-order chi connectivity index (χ1) is 14.5. The summed E-state index contributed by atoms with van der Waals surface area (Å²) >= 11 is 6.30. The molecule has 0 saturated heterocycles. The van der Waals surface area contributed by atoms with Crippen LogP contribution in [0.25, 0.3) is 0 Å². The Morgan fingerprint density at radius 1 is 0.933 bits per heavy atom. The molecule has 0 spiro atoms. The summed E-state index contributed by atoms with van der Waals surface area (Å²) in [4.78, 5) is 12.7. The average Bonchev–Trinajstić information content (AvgIpc) is 2.72. The maximum Gasteiger partial charge on any atom is 0.255 e. The maximum atomic E-state index is 12.7. The molecule has 6 heteroatoms. The van der Waals surface area contributed by atoms with E-state index in [1.165, 1.54) is 0 Å². The van der Waals surface area contributed by atoms with E-state index in [1.54, 1.807) is 36.4 Å². The van der Waals surface area contributed by atoms with E-state index >= 15 is 0 Å². The summed E-state index contributed by atoms with van der Waals surface area (Å²) in [6.45, 7) is 6.61. The second kappa shape index (κ2) is 10.0. The third-order valence-corrected chi connectivity index (χ3v) is 4.48. The highest BCUT2D eigenvalue weighted by molar-refractivity contribution is 6.32. The van der Waals surface area contributed by atoms with Crippen LogP contribution in [-0.2, 0) is 0 Å². The molecule has 0 aliphatic heterocycles. The van der Waals surface area contributed by atoms with E-state index in [0.717, 1.165) is 11.3 Å². The molecule has 30 heavy (non-hydrogen) atoms. The minimum absolute atomic E-state index is 0.298. The summed E-state index contributed by atoms with van der Waals surface area (Å²) < 4.78 is 17.0. The summed E-state index contributed by atoms with van der Waals surface area (Å²) in [6.07, 6.45) is 0. The first-order valence-corrected chi connectivity index (χ1v) is 10.1. The van der Waals surface area contributed by atoms with Gasteiger partial charge in [0.25, 0.3) is 5.91 Å². The molecule has 0 radical (unpaired) electrons. The Bertz CT molecular complexity index is 1020. The number of ether oxygens (including phenoxy) is 3. The van der Waals surface area contributed by atoms with Crippen LogP contribution in [0.5, 0.6) is 23.0 Å². The van der Waals surface area contributed by atoms with E-state index < -0.39 is 0 Å². The van der Waals surface area contributed by atoms with Crippen LogP contribution in [0.4, 0.5) is 5.69 Å². The Kier molecular flexibility index (Phi) is 7.20. The molecule has 156 valence electrons. The molecule has 0 unspecified atom stereocenters. The zero-order chi connectivity index (χ0) is 21.5. The van der Waals surface area contributed by atoms with Crippen molar-refractivity contribution < 1.29 is 19.0 Å². The summed E-state index contributed by atoms with van der Waals surface area (Å²) in [6, 6.07) is 18.2. The van der Waals surface area contributed by atoms with Gasteiger partial charge in [-0.1, -0.05) is 23.7 Å². The number of anilines is 1. The van der Waals surface area contributed by atoms with Crippen molar-refractivity contribution in [2.24, 2.45) is 0 Å². The zero-order valence-electron chi connectivity index (χ0n) is 17.2. The molecule has 5 nitrogen and oxygen atoms in total. The molecular formula is C24H24ClNO4. The Balaban J connectivity index is 1.72. The van der Waals surface area contributed by atoms with Crippen molar-refractivity contribution in [2.45, 2.75) is 20.8 Å². The molecule has 0 bridgehead atoms. The molecule has 1 N–H and O–H groups in total. The van der Waals surface area contributed by atoms with Crippen LogP contribution in [0.2, 0.25) is 5.02 Å². The lowest BCUT2D eigenvalue weighted by molar-refractivity contribution is 0.102. The lowest BCUT2D eigenvalue weighted by atomic mass is 10.1. The zero-order valence-corrected chi connectivity index (χ0v) is 18.0. The maximum absolute atomic E-state index is 12.7. The third kappa shape index (κ3) is 5.45. The Hall–Kier alpha value is -3.18. The molecule has 0 fully saturated rings. The quantitative estimate of drug-likeness (QED) is 0.448. The summed E-state index contributed by atoms with van der Waals surface area (Å²) in [5, 5.41) is 3.19. The largest absolute Gasteiger partial charge is 0.490 e. The summed E-state index contributed by atoms with van der Waals surface area (Å²) in [5.41, 5.74) is 2.14. The van der Waals surface area contributed by atoms with Crippen molar-refractivity contribution >= 4 is 23.2 Å². The van der Waals surface area contributed by atoms with Gasteiger partial charge in [-0.3, -0.25) is 4.79 Å². The SMILES string of the molecule is CCOc1cc(C(=O)Nc2ccc(Oc3cccc(C)c3)cc2)cc(Cl)c1OCC. The second-order valence-electron chi connectivity index (χ2n) is 6.55. The predicted octanol–water partition coefficient (Wildman–Crippen LogP) is 6.49. The average molecular weight is 426 g/mol. The predicted molar refractivity (Wildman–Crippen MR) is 119 cm³/mol. The molecule has 0 aromatic heterocycles. The molecule has 0 aliphatic rings. The van der Waals surface area contributed by atoms with Crippen molar-refractivity contribution in [3.05, 3.63) is 76.8 Å². The molecule has 1 amide bonds. The van der Waals surface area contributed by atoms with Crippen molar-refractivity contribution in [1.82, 2.24) is 0 Å². The highest BCUT2D eigenvalue weighted by Crippen LogP contribution is 2.37. The van der Waals surface area contributed by atoms with Gasteiger partial charge in [-0.15, -0.1) is 0 Å². The van der Waals surface area contributed by atoms with Gasteiger partial charge in [0.2, 0.25) is 0 Å². The number of amides is 1. The van der Waals surface area contributed by atoms with Gasteiger partial charge in [-0.2, -0.15) is 0 Å². The number of hydrogen-bond acceptors (Lipinski definition) is 4. The lowest BCUT2D eigenvalue weighted by Gasteiger charge is -2.14. The number of benzene rings is 3. The van der Waals surface area contributed by atoms with E-state index in [9.17, 15) is 4.79 Å². The molecule has 0 saturated carbocycles.